The predicted molar refractivity (Wildman–Crippen MR) is 86.3 cm³/mol. The van der Waals surface area contributed by atoms with Gasteiger partial charge in [-0.1, -0.05) is 13.3 Å². The van der Waals surface area contributed by atoms with Crippen molar-refractivity contribution in [1.29, 1.82) is 0 Å². The molecule has 2 heterocycles. The third-order valence-electron chi connectivity index (χ3n) is 3.54. The summed E-state index contributed by atoms with van der Waals surface area (Å²) in [6, 6.07) is 0. The number of methoxy groups -OCH3 is 1. The van der Waals surface area contributed by atoms with Crippen molar-refractivity contribution in [2.24, 2.45) is 0 Å². The first kappa shape index (κ1) is 15.7. The second kappa shape index (κ2) is 6.85. The molecule has 0 amide bonds. The lowest BCUT2D eigenvalue weighted by Crippen LogP contribution is -2.25. The minimum Gasteiger partial charge on any atom is -0.465 e. The molecular formula is C15H21N3O2S. The van der Waals surface area contributed by atoms with Gasteiger partial charge in [-0.25, -0.2) is 14.8 Å². The summed E-state index contributed by atoms with van der Waals surface area (Å²) in [5, 5.41) is 0.973. The maximum atomic E-state index is 11.9. The van der Waals surface area contributed by atoms with Crippen LogP contribution in [-0.2, 0) is 4.74 Å². The number of nitrogens with zero attached hydrogens (tertiary/aromatic N) is 3. The van der Waals surface area contributed by atoms with Gasteiger partial charge in [-0.15, -0.1) is 11.3 Å². The molecule has 0 saturated heterocycles. The van der Waals surface area contributed by atoms with Crippen LogP contribution >= 0.6 is 11.3 Å². The Morgan fingerprint density at radius 1 is 1.38 bits per heavy atom. The minimum atomic E-state index is -0.307. The summed E-state index contributed by atoms with van der Waals surface area (Å²) < 4.78 is 4.85. The molecule has 0 spiro atoms. The van der Waals surface area contributed by atoms with Gasteiger partial charge in [0.25, 0.3) is 0 Å². The maximum absolute atomic E-state index is 11.9. The summed E-state index contributed by atoms with van der Waals surface area (Å²) in [4.78, 5) is 24.3. The Bertz CT molecular complexity index is 639. The van der Waals surface area contributed by atoms with E-state index in [1.807, 2.05) is 6.92 Å². The largest absolute Gasteiger partial charge is 0.465 e. The summed E-state index contributed by atoms with van der Waals surface area (Å²) in [7, 11) is 1.40. The molecule has 0 fully saturated rings. The molecule has 0 N–H and O–H groups in total. The smallest absolute Gasteiger partial charge is 0.348 e. The van der Waals surface area contributed by atoms with Crippen molar-refractivity contribution < 1.29 is 9.53 Å². The average molecular weight is 307 g/mol. The SMILES string of the molecule is CCCCN(CC)c1ncnc2sc(C(=O)OC)c(C)c12. The van der Waals surface area contributed by atoms with Crippen molar-refractivity contribution in [1.82, 2.24) is 9.97 Å². The standard InChI is InChI=1S/C15H21N3O2S/c1-5-7-8-18(6-2)13-11-10(3)12(15(19)20-4)21-14(11)17-9-16-13/h9H,5-8H2,1-4H3. The van der Waals surface area contributed by atoms with Gasteiger partial charge in [0.2, 0.25) is 0 Å². The van der Waals surface area contributed by atoms with E-state index >= 15 is 0 Å². The van der Waals surface area contributed by atoms with Crippen molar-refractivity contribution >= 4 is 33.3 Å². The second-order valence-electron chi connectivity index (χ2n) is 4.86. The normalized spacial score (nSPS) is 10.9. The molecule has 2 aromatic heterocycles. The van der Waals surface area contributed by atoms with Crippen LogP contribution in [-0.4, -0.2) is 36.1 Å². The molecule has 5 nitrogen and oxygen atoms in total. The van der Waals surface area contributed by atoms with Crippen LogP contribution in [0.2, 0.25) is 0 Å². The quantitative estimate of drug-likeness (QED) is 0.765. The Labute approximate surface area is 129 Å². The van der Waals surface area contributed by atoms with Crippen LogP contribution in [0, 0.1) is 6.92 Å². The number of ether oxygens (including phenoxy) is 1. The number of aromatic nitrogens is 2. The summed E-state index contributed by atoms with van der Waals surface area (Å²) >= 11 is 1.37. The van der Waals surface area contributed by atoms with Crippen LogP contribution in [0.5, 0.6) is 0 Å². The van der Waals surface area contributed by atoms with Crippen molar-refractivity contribution in [2.45, 2.75) is 33.6 Å². The van der Waals surface area contributed by atoms with Crippen LogP contribution in [0.15, 0.2) is 6.33 Å². The number of rotatable bonds is 6. The van der Waals surface area contributed by atoms with Crippen LogP contribution in [0.1, 0.15) is 41.9 Å². The van der Waals surface area contributed by atoms with E-state index in [1.165, 1.54) is 18.4 Å². The molecule has 114 valence electrons. The van der Waals surface area contributed by atoms with E-state index in [0.717, 1.165) is 47.5 Å². The average Bonchev–Trinajstić information content (AvgIpc) is 2.85. The van der Waals surface area contributed by atoms with E-state index in [9.17, 15) is 4.79 Å². The first-order chi connectivity index (χ1) is 10.1. The summed E-state index contributed by atoms with van der Waals surface area (Å²) in [6.07, 6.45) is 3.83. The number of fused-ring (bicyclic) bond motifs is 1. The molecule has 0 saturated carbocycles. The highest BCUT2D eigenvalue weighted by atomic mass is 32.1. The van der Waals surface area contributed by atoms with E-state index in [2.05, 4.69) is 28.7 Å². The lowest BCUT2D eigenvalue weighted by molar-refractivity contribution is 0.0605. The lowest BCUT2D eigenvalue weighted by atomic mass is 10.2. The second-order valence-corrected chi connectivity index (χ2v) is 5.86. The fourth-order valence-corrected chi connectivity index (χ4v) is 3.40. The Morgan fingerprint density at radius 2 is 2.14 bits per heavy atom. The number of thiophene rings is 1. The van der Waals surface area contributed by atoms with E-state index in [0.29, 0.717) is 4.88 Å². The van der Waals surface area contributed by atoms with E-state index in [4.69, 9.17) is 4.74 Å². The molecule has 0 atom stereocenters. The van der Waals surface area contributed by atoms with Crippen molar-refractivity contribution in [2.75, 3.05) is 25.1 Å². The highest BCUT2D eigenvalue weighted by molar-refractivity contribution is 7.20. The van der Waals surface area contributed by atoms with Crippen molar-refractivity contribution in [3.05, 3.63) is 16.8 Å². The highest BCUT2D eigenvalue weighted by Crippen LogP contribution is 2.35. The molecule has 2 aromatic rings. The molecule has 0 aromatic carbocycles. The van der Waals surface area contributed by atoms with Crippen molar-refractivity contribution in [3.63, 3.8) is 0 Å². The molecule has 2 rings (SSSR count). The lowest BCUT2D eigenvalue weighted by Gasteiger charge is -2.22. The Hall–Kier alpha value is -1.69. The number of hydrogen-bond donors (Lipinski definition) is 0. The van der Waals surface area contributed by atoms with Crippen LogP contribution in [0.4, 0.5) is 5.82 Å². The van der Waals surface area contributed by atoms with Gasteiger partial charge < -0.3 is 9.64 Å². The zero-order chi connectivity index (χ0) is 15.4. The molecule has 0 unspecified atom stereocenters. The zero-order valence-electron chi connectivity index (χ0n) is 13.0. The first-order valence-electron chi connectivity index (χ1n) is 7.21. The Morgan fingerprint density at radius 3 is 2.76 bits per heavy atom. The summed E-state index contributed by atoms with van der Waals surface area (Å²) in [5.41, 5.74) is 0.910. The number of aryl methyl sites for hydroxylation is 1. The number of anilines is 1. The van der Waals surface area contributed by atoms with Crippen molar-refractivity contribution in [3.8, 4) is 0 Å². The molecular weight excluding hydrogens is 286 g/mol. The van der Waals surface area contributed by atoms with Gasteiger partial charge >= 0.3 is 5.97 Å². The zero-order valence-corrected chi connectivity index (χ0v) is 13.8. The Kier molecular flexibility index (Phi) is 5.12. The molecule has 0 radical (unpaired) electrons. The van der Waals surface area contributed by atoms with Crippen LogP contribution in [0.25, 0.3) is 10.2 Å². The van der Waals surface area contributed by atoms with Gasteiger partial charge in [0.1, 0.15) is 21.9 Å². The summed E-state index contributed by atoms with van der Waals surface area (Å²) in [6.45, 7) is 8.07. The number of carbonyl (C=O) groups excluding carboxylic acids is 1. The fourth-order valence-electron chi connectivity index (χ4n) is 2.34. The third-order valence-corrected chi connectivity index (χ3v) is 4.72. The highest BCUT2D eigenvalue weighted by Gasteiger charge is 2.21. The molecule has 6 heteroatoms. The number of unbranched alkanes of at least 4 members (excludes halogenated alkanes) is 1. The molecule has 21 heavy (non-hydrogen) atoms. The van der Waals surface area contributed by atoms with E-state index in [-0.39, 0.29) is 5.97 Å². The van der Waals surface area contributed by atoms with E-state index < -0.39 is 0 Å². The number of esters is 1. The Balaban J connectivity index is 2.54. The summed E-state index contributed by atoms with van der Waals surface area (Å²) in [5.74, 6) is 0.609. The van der Waals surface area contributed by atoms with Gasteiger partial charge in [-0.05, 0) is 25.8 Å². The van der Waals surface area contributed by atoms with Gasteiger partial charge in [0.15, 0.2) is 0 Å². The monoisotopic (exact) mass is 307 g/mol. The third kappa shape index (κ3) is 3.00. The number of hydrogen-bond acceptors (Lipinski definition) is 6. The minimum absolute atomic E-state index is 0.307. The van der Waals surface area contributed by atoms with Gasteiger partial charge in [-0.3, -0.25) is 0 Å². The molecule has 0 bridgehead atoms. The van der Waals surface area contributed by atoms with Crippen LogP contribution < -0.4 is 4.90 Å². The maximum Gasteiger partial charge on any atom is 0.348 e. The molecule has 0 aliphatic rings. The van der Waals surface area contributed by atoms with Crippen LogP contribution in [0.3, 0.4) is 0 Å². The van der Waals surface area contributed by atoms with Gasteiger partial charge in [-0.2, -0.15) is 0 Å². The fraction of sp³-hybridized carbons (Fsp3) is 0.533. The predicted octanol–water partition coefficient (Wildman–Crippen LogP) is 3.41. The van der Waals surface area contributed by atoms with Gasteiger partial charge in [0, 0.05) is 13.1 Å². The first-order valence-corrected chi connectivity index (χ1v) is 8.03. The molecule has 0 aliphatic heterocycles. The van der Waals surface area contributed by atoms with E-state index in [1.54, 1.807) is 6.33 Å². The molecule has 0 aliphatic carbocycles. The van der Waals surface area contributed by atoms with Gasteiger partial charge in [0.05, 0.1) is 12.5 Å². The number of carbonyl (C=O) groups is 1. The topological polar surface area (TPSA) is 55.3 Å².